The fourth-order valence-corrected chi connectivity index (χ4v) is 6.07. The minimum atomic E-state index is -4.21. The number of hydrogen-bond acceptors (Lipinski definition) is 6. The Hall–Kier alpha value is -4.05. The molecule has 0 fully saturated rings. The first-order chi connectivity index (χ1) is 20.4. The van der Waals surface area contributed by atoms with Crippen LogP contribution >= 0.6 is 0 Å². The Bertz CT molecular complexity index is 1510. The van der Waals surface area contributed by atoms with Gasteiger partial charge in [0.2, 0.25) is 11.8 Å². The van der Waals surface area contributed by atoms with Gasteiger partial charge in [-0.1, -0.05) is 62.7 Å². The van der Waals surface area contributed by atoms with Gasteiger partial charge in [-0.3, -0.25) is 13.9 Å². The summed E-state index contributed by atoms with van der Waals surface area (Å²) in [6.07, 6.45) is 0.350. The van der Waals surface area contributed by atoms with Crippen LogP contribution in [0, 0.1) is 19.8 Å². The van der Waals surface area contributed by atoms with Gasteiger partial charge in [0.15, 0.2) is 11.5 Å². The quantitative estimate of drug-likeness (QED) is 0.273. The van der Waals surface area contributed by atoms with Gasteiger partial charge in [-0.25, -0.2) is 8.42 Å². The van der Waals surface area contributed by atoms with Crippen molar-refractivity contribution in [2.45, 2.75) is 58.5 Å². The van der Waals surface area contributed by atoms with E-state index in [1.54, 1.807) is 24.3 Å². The van der Waals surface area contributed by atoms with Gasteiger partial charge in [0.05, 0.1) is 24.8 Å². The number of nitrogens with zero attached hydrogens (tertiary/aromatic N) is 2. The SMILES string of the molecule is CCC(C(=O)NCC(C)C)N(Cc1ccccc1C)C(=O)CN(c1ccc(OC)c(OC)c1)S(=O)(=O)c1ccc(C)cc1. The molecule has 232 valence electrons. The average molecular weight is 610 g/mol. The van der Waals surface area contributed by atoms with E-state index in [0.717, 1.165) is 21.0 Å². The second kappa shape index (κ2) is 14.9. The number of carbonyl (C=O) groups excluding carboxylic acids is 2. The molecule has 1 atom stereocenters. The van der Waals surface area contributed by atoms with Crippen molar-refractivity contribution in [1.82, 2.24) is 10.2 Å². The Labute approximate surface area is 255 Å². The number of benzene rings is 3. The maximum atomic E-state index is 14.3. The van der Waals surface area contributed by atoms with E-state index in [4.69, 9.17) is 9.47 Å². The zero-order chi connectivity index (χ0) is 31.7. The third-order valence-electron chi connectivity index (χ3n) is 7.22. The number of ether oxygens (including phenoxy) is 2. The van der Waals surface area contributed by atoms with E-state index in [1.807, 2.05) is 58.9 Å². The highest BCUT2D eigenvalue weighted by atomic mass is 32.2. The van der Waals surface area contributed by atoms with Crippen molar-refractivity contribution in [2.24, 2.45) is 5.92 Å². The lowest BCUT2D eigenvalue weighted by atomic mass is 10.1. The second-order valence-electron chi connectivity index (χ2n) is 10.9. The fourth-order valence-electron chi connectivity index (χ4n) is 4.66. The van der Waals surface area contributed by atoms with E-state index in [0.29, 0.717) is 24.5 Å². The topological polar surface area (TPSA) is 105 Å². The summed E-state index contributed by atoms with van der Waals surface area (Å²) in [6.45, 7) is 9.70. The lowest BCUT2D eigenvalue weighted by Gasteiger charge is -2.33. The maximum Gasteiger partial charge on any atom is 0.264 e. The molecule has 0 aliphatic carbocycles. The molecule has 3 aromatic carbocycles. The zero-order valence-electron chi connectivity index (χ0n) is 26.1. The van der Waals surface area contributed by atoms with E-state index in [1.165, 1.54) is 37.3 Å². The third-order valence-corrected chi connectivity index (χ3v) is 9.00. The molecule has 1 unspecified atom stereocenters. The molecule has 0 saturated carbocycles. The van der Waals surface area contributed by atoms with Gasteiger partial charge in [-0.05, 0) is 61.6 Å². The van der Waals surface area contributed by atoms with Gasteiger partial charge in [0.25, 0.3) is 10.0 Å². The van der Waals surface area contributed by atoms with Gasteiger partial charge in [0.1, 0.15) is 12.6 Å². The van der Waals surface area contributed by atoms with Gasteiger partial charge in [0, 0.05) is 19.2 Å². The van der Waals surface area contributed by atoms with E-state index >= 15 is 0 Å². The number of aryl methyl sites for hydroxylation is 2. The number of anilines is 1. The van der Waals surface area contributed by atoms with Gasteiger partial charge < -0.3 is 19.7 Å². The van der Waals surface area contributed by atoms with Crippen LogP contribution < -0.4 is 19.1 Å². The highest BCUT2D eigenvalue weighted by molar-refractivity contribution is 7.92. The van der Waals surface area contributed by atoms with Crippen LogP contribution in [0.5, 0.6) is 11.5 Å². The maximum absolute atomic E-state index is 14.3. The molecule has 0 aromatic heterocycles. The summed E-state index contributed by atoms with van der Waals surface area (Å²) in [7, 11) is -1.27. The van der Waals surface area contributed by atoms with E-state index in [9.17, 15) is 18.0 Å². The summed E-state index contributed by atoms with van der Waals surface area (Å²) >= 11 is 0. The first-order valence-corrected chi connectivity index (χ1v) is 15.8. The summed E-state index contributed by atoms with van der Waals surface area (Å²) in [5.41, 5.74) is 2.95. The van der Waals surface area contributed by atoms with Crippen LogP contribution in [0.3, 0.4) is 0 Å². The minimum Gasteiger partial charge on any atom is -0.493 e. The first kappa shape index (κ1) is 33.5. The number of sulfonamides is 1. The van der Waals surface area contributed by atoms with E-state index < -0.39 is 28.5 Å². The molecule has 0 aliphatic heterocycles. The molecule has 10 heteroatoms. The standard InChI is InChI=1S/C33H43N3O6S/c1-8-29(33(38)34-20-23(2)3)35(21-26-12-10-9-11-25(26)5)32(37)22-36(27-15-18-30(41-6)31(19-27)42-7)43(39,40)28-16-13-24(4)14-17-28/h9-19,23,29H,8,20-22H2,1-7H3,(H,34,38). The minimum absolute atomic E-state index is 0.0351. The number of carbonyl (C=O) groups is 2. The first-order valence-electron chi connectivity index (χ1n) is 14.4. The summed E-state index contributed by atoms with van der Waals surface area (Å²) in [5, 5.41) is 2.95. The van der Waals surface area contributed by atoms with Gasteiger partial charge in [-0.2, -0.15) is 0 Å². The molecule has 0 spiro atoms. The summed E-state index contributed by atoms with van der Waals surface area (Å²) in [5.74, 6) is 0.159. The Kier molecular flexibility index (Phi) is 11.6. The highest BCUT2D eigenvalue weighted by Crippen LogP contribution is 2.34. The second-order valence-corrected chi connectivity index (χ2v) is 12.7. The smallest absolute Gasteiger partial charge is 0.264 e. The van der Waals surface area contributed by atoms with E-state index in [2.05, 4.69) is 5.32 Å². The summed E-state index contributed by atoms with van der Waals surface area (Å²) < 4.78 is 40.1. The normalized spacial score (nSPS) is 12.0. The lowest BCUT2D eigenvalue weighted by molar-refractivity contribution is -0.140. The van der Waals surface area contributed by atoms with Crippen LogP contribution in [0.25, 0.3) is 0 Å². The number of amides is 2. The molecule has 0 saturated heterocycles. The molecule has 0 radical (unpaired) electrons. The van der Waals surface area contributed by atoms with Crippen LogP contribution in [0.2, 0.25) is 0 Å². The Morgan fingerprint density at radius 3 is 2.14 bits per heavy atom. The monoisotopic (exact) mass is 609 g/mol. The molecular formula is C33H43N3O6S. The summed E-state index contributed by atoms with van der Waals surface area (Å²) in [4.78, 5) is 29.2. The van der Waals surface area contributed by atoms with Crippen LogP contribution in [-0.2, 0) is 26.2 Å². The summed E-state index contributed by atoms with van der Waals surface area (Å²) in [6, 6.07) is 18.0. The molecule has 43 heavy (non-hydrogen) atoms. The van der Waals surface area contributed by atoms with Crippen LogP contribution in [0.15, 0.2) is 71.6 Å². The van der Waals surface area contributed by atoms with Gasteiger partial charge >= 0.3 is 0 Å². The van der Waals surface area contributed by atoms with Crippen molar-refractivity contribution >= 4 is 27.5 Å². The number of nitrogens with one attached hydrogen (secondary N) is 1. The van der Waals surface area contributed by atoms with Crippen molar-refractivity contribution in [2.75, 3.05) is 31.6 Å². The molecule has 0 aliphatic rings. The third kappa shape index (κ3) is 8.28. The van der Waals surface area contributed by atoms with Crippen molar-refractivity contribution in [3.63, 3.8) is 0 Å². The van der Waals surface area contributed by atoms with Crippen molar-refractivity contribution in [3.05, 3.63) is 83.4 Å². The van der Waals surface area contributed by atoms with Crippen molar-refractivity contribution in [1.29, 1.82) is 0 Å². The molecule has 9 nitrogen and oxygen atoms in total. The zero-order valence-corrected chi connectivity index (χ0v) is 26.9. The molecule has 3 rings (SSSR count). The van der Waals surface area contributed by atoms with Crippen molar-refractivity contribution < 1.29 is 27.5 Å². The predicted molar refractivity (Wildman–Crippen MR) is 169 cm³/mol. The molecule has 1 N–H and O–H groups in total. The Morgan fingerprint density at radius 1 is 0.907 bits per heavy atom. The number of rotatable bonds is 14. The predicted octanol–water partition coefficient (Wildman–Crippen LogP) is 5.10. The van der Waals surface area contributed by atoms with Gasteiger partial charge in [-0.15, -0.1) is 0 Å². The lowest BCUT2D eigenvalue weighted by Crippen LogP contribution is -2.52. The fraction of sp³-hybridized carbons (Fsp3) is 0.394. The molecule has 2 amide bonds. The molecule has 3 aromatic rings. The molecule has 0 heterocycles. The van der Waals surface area contributed by atoms with Crippen LogP contribution in [0.4, 0.5) is 5.69 Å². The average Bonchev–Trinajstić information content (AvgIpc) is 2.99. The van der Waals surface area contributed by atoms with Crippen LogP contribution in [0.1, 0.15) is 43.9 Å². The highest BCUT2D eigenvalue weighted by Gasteiger charge is 2.34. The van der Waals surface area contributed by atoms with Crippen LogP contribution in [-0.4, -0.2) is 58.5 Å². The largest absolute Gasteiger partial charge is 0.493 e. The van der Waals surface area contributed by atoms with E-state index in [-0.39, 0.29) is 29.0 Å². The number of hydrogen-bond donors (Lipinski definition) is 1. The molecular weight excluding hydrogens is 566 g/mol. The Morgan fingerprint density at radius 2 is 1.56 bits per heavy atom. The molecule has 0 bridgehead atoms. The Balaban J connectivity index is 2.12. The van der Waals surface area contributed by atoms with Crippen molar-refractivity contribution in [3.8, 4) is 11.5 Å². The number of methoxy groups -OCH3 is 2.